The van der Waals surface area contributed by atoms with E-state index in [0.717, 1.165) is 12.5 Å². The Hall–Kier alpha value is -0.120. The third-order valence-electron chi connectivity index (χ3n) is 3.77. The highest BCUT2D eigenvalue weighted by molar-refractivity contribution is 4.89. The van der Waals surface area contributed by atoms with Crippen LogP contribution in [0.15, 0.2) is 0 Å². The lowest BCUT2D eigenvalue weighted by molar-refractivity contribution is 0.142. The molecule has 1 rings (SSSR count). The summed E-state index contributed by atoms with van der Waals surface area (Å²) in [6.07, 6.45) is 4.05. The molecule has 0 bridgehead atoms. The van der Waals surface area contributed by atoms with Gasteiger partial charge in [-0.2, -0.15) is 0 Å². The minimum Gasteiger partial charge on any atom is -0.310 e. The standard InChI is InChI=1S/C15H33N3/c1-14(2)12-18(11-10-17(4)5)13-15(3)8-6-7-9-16-15/h14,16H,6-13H2,1-5H3. The molecule has 18 heavy (non-hydrogen) atoms. The van der Waals surface area contributed by atoms with Gasteiger partial charge in [0, 0.05) is 31.7 Å². The van der Waals surface area contributed by atoms with Crippen LogP contribution in [0.4, 0.5) is 0 Å². The Morgan fingerprint density at radius 1 is 1.17 bits per heavy atom. The van der Waals surface area contributed by atoms with Gasteiger partial charge in [0.15, 0.2) is 0 Å². The summed E-state index contributed by atoms with van der Waals surface area (Å²) in [6.45, 7) is 13.0. The van der Waals surface area contributed by atoms with Crippen LogP contribution < -0.4 is 5.32 Å². The zero-order valence-corrected chi connectivity index (χ0v) is 13.1. The van der Waals surface area contributed by atoms with E-state index in [1.807, 2.05) is 0 Å². The van der Waals surface area contributed by atoms with Gasteiger partial charge in [0.2, 0.25) is 0 Å². The normalized spacial score (nSPS) is 25.3. The van der Waals surface area contributed by atoms with Crippen LogP contribution >= 0.6 is 0 Å². The quantitative estimate of drug-likeness (QED) is 0.751. The van der Waals surface area contributed by atoms with E-state index in [1.165, 1.54) is 45.4 Å². The van der Waals surface area contributed by atoms with Crippen LogP contribution in [0.3, 0.4) is 0 Å². The zero-order valence-electron chi connectivity index (χ0n) is 13.1. The molecule has 1 unspecified atom stereocenters. The smallest absolute Gasteiger partial charge is 0.0280 e. The molecule has 1 aliphatic heterocycles. The summed E-state index contributed by atoms with van der Waals surface area (Å²) in [7, 11) is 4.32. The molecule has 1 atom stereocenters. The van der Waals surface area contributed by atoms with Gasteiger partial charge in [0.05, 0.1) is 0 Å². The number of rotatable bonds is 7. The van der Waals surface area contributed by atoms with E-state index in [1.54, 1.807) is 0 Å². The van der Waals surface area contributed by atoms with Crippen molar-refractivity contribution < 1.29 is 0 Å². The highest BCUT2D eigenvalue weighted by Crippen LogP contribution is 2.20. The van der Waals surface area contributed by atoms with Crippen molar-refractivity contribution in [2.45, 2.75) is 45.6 Å². The fourth-order valence-electron chi connectivity index (χ4n) is 2.84. The second kappa shape index (κ2) is 7.46. The number of nitrogens with zero attached hydrogens (tertiary/aromatic N) is 2. The molecular formula is C15H33N3. The molecule has 1 N–H and O–H groups in total. The van der Waals surface area contributed by atoms with Gasteiger partial charge in [-0.1, -0.05) is 20.3 Å². The molecule has 0 spiro atoms. The number of piperidine rings is 1. The van der Waals surface area contributed by atoms with E-state index in [2.05, 4.69) is 50.0 Å². The van der Waals surface area contributed by atoms with E-state index < -0.39 is 0 Å². The van der Waals surface area contributed by atoms with Crippen LogP contribution in [0, 0.1) is 5.92 Å². The predicted octanol–water partition coefficient (Wildman–Crippen LogP) is 2.04. The third kappa shape index (κ3) is 6.17. The van der Waals surface area contributed by atoms with Crippen molar-refractivity contribution in [3.8, 4) is 0 Å². The van der Waals surface area contributed by atoms with Gasteiger partial charge in [-0.15, -0.1) is 0 Å². The molecule has 1 saturated heterocycles. The Kier molecular flexibility index (Phi) is 6.61. The first-order chi connectivity index (χ1) is 8.41. The summed E-state index contributed by atoms with van der Waals surface area (Å²) in [4.78, 5) is 4.92. The molecule has 0 amide bonds. The fourth-order valence-corrected chi connectivity index (χ4v) is 2.84. The maximum atomic E-state index is 3.73. The number of hydrogen-bond acceptors (Lipinski definition) is 3. The first kappa shape index (κ1) is 15.9. The van der Waals surface area contributed by atoms with Crippen LogP contribution in [0.2, 0.25) is 0 Å². The Bertz CT molecular complexity index is 220. The van der Waals surface area contributed by atoms with Gasteiger partial charge in [-0.3, -0.25) is 4.90 Å². The third-order valence-corrected chi connectivity index (χ3v) is 3.77. The minimum absolute atomic E-state index is 0.333. The maximum Gasteiger partial charge on any atom is 0.0280 e. The van der Waals surface area contributed by atoms with Crippen LogP contribution in [-0.4, -0.2) is 62.2 Å². The Morgan fingerprint density at radius 2 is 1.89 bits per heavy atom. The minimum atomic E-state index is 0.333. The average molecular weight is 255 g/mol. The highest BCUT2D eigenvalue weighted by atomic mass is 15.2. The fraction of sp³-hybridized carbons (Fsp3) is 1.00. The largest absolute Gasteiger partial charge is 0.310 e. The highest BCUT2D eigenvalue weighted by Gasteiger charge is 2.28. The molecule has 1 heterocycles. The van der Waals surface area contributed by atoms with Crippen molar-refractivity contribution in [2.24, 2.45) is 5.92 Å². The monoisotopic (exact) mass is 255 g/mol. The lowest BCUT2D eigenvalue weighted by atomic mass is 9.90. The van der Waals surface area contributed by atoms with Gasteiger partial charge in [-0.05, 0) is 46.3 Å². The van der Waals surface area contributed by atoms with Crippen molar-refractivity contribution in [3.63, 3.8) is 0 Å². The summed E-state index contributed by atoms with van der Waals surface area (Å²) < 4.78 is 0. The van der Waals surface area contributed by atoms with Crippen LogP contribution in [-0.2, 0) is 0 Å². The Balaban J connectivity index is 2.47. The molecular weight excluding hydrogens is 222 g/mol. The maximum absolute atomic E-state index is 3.73. The molecule has 3 heteroatoms. The molecule has 3 nitrogen and oxygen atoms in total. The number of nitrogens with one attached hydrogen (secondary N) is 1. The summed E-state index contributed by atoms with van der Waals surface area (Å²) in [6, 6.07) is 0. The van der Waals surface area contributed by atoms with E-state index >= 15 is 0 Å². The van der Waals surface area contributed by atoms with Gasteiger partial charge in [-0.25, -0.2) is 0 Å². The first-order valence-corrected chi connectivity index (χ1v) is 7.53. The number of hydrogen-bond donors (Lipinski definition) is 1. The van der Waals surface area contributed by atoms with Crippen molar-refractivity contribution in [1.29, 1.82) is 0 Å². The summed E-state index contributed by atoms with van der Waals surface area (Å²) in [5.41, 5.74) is 0.333. The summed E-state index contributed by atoms with van der Waals surface area (Å²) in [5.74, 6) is 0.749. The topological polar surface area (TPSA) is 18.5 Å². The SMILES string of the molecule is CC(C)CN(CCN(C)C)CC1(C)CCCCN1. The lowest BCUT2D eigenvalue weighted by Crippen LogP contribution is -2.54. The second-order valence-electron chi connectivity index (χ2n) is 6.88. The lowest BCUT2D eigenvalue weighted by Gasteiger charge is -2.40. The average Bonchev–Trinajstić information content (AvgIpc) is 2.25. The van der Waals surface area contributed by atoms with Crippen molar-refractivity contribution >= 4 is 0 Å². The van der Waals surface area contributed by atoms with Crippen molar-refractivity contribution in [1.82, 2.24) is 15.1 Å². The van der Waals surface area contributed by atoms with Crippen molar-refractivity contribution in [2.75, 3.05) is 46.8 Å². The second-order valence-corrected chi connectivity index (χ2v) is 6.88. The van der Waals surface area contributed by atoms with Crippen LogP contribution in [0.25, 0.3) is 0 Å². The van der Waals surface area contributed by atoms with Crippen LogP contribution in [0.1, 0.15) is 40.0 Å². The Morgan fingerprint density at radius 3 is 2.39 bits per heavy atom. The molecule has 1 aliphatic rings. The molecule has 0 saturated carbocycles. The summed E-state index contributed by atoms with van der Waals surface area (Å²) in [5, 5.41) is 3.73. The molecule has 1 fully saturated rings. The van der Waals surface area contributed by atoms with Gasteiger partial charge < -0.3 is 10.2 Å². The van der Waals surface area contributed by atoms with E-state index in [-0.39, 0.29) is 0 Å². The van der Waals surface area contributed by atoms with E-state index in [9.17, 15) is 0 Å². The zero-order chi connectivity index (χ0) is 13.6. The van der Waals surface area contributed by atoms with Gasteiger partial charge >= 0.3 is 0 Å². The molecule has 0 radical (unpaired) electrons. The van der Waals surface area contributed by atoms with E-state index in [0.29, 0.717) is 5.54 Å². The first-order valence-electron chi connectivity index (χ1n) is 7.53. The van der Waals surface area contributed by atoms with Gasteiger partial charge in [0.25, 0.3) is 0 Å². The summed E-state index contributed by atoms with van der Waals surface area (Å²) >= 11 is 0. The molecule has 0 aromatic carbocycles. The van der Waals surface area contributed by atoms with Gasteiger partial charge in [0.1, 0.15) is 0 Å². The molecule has 108 valence electrons. The molecule has 0 aromatic heterocycles. The van der Waals surface area contributed by atoms with E-state index in [4.69, 9.17) is 0 Å². The number of likely N-dealkylation sites (N-methyl/N-ethyl adjacent to an activating group) is 1. The predicted molar refractivity (Wildman–Crippen MR) is 80.1 cm³/mol. The molecule has 0 aliphatic carbocycles. The molecule has 0 aromatic rings. The van der Waals surface area contributed by atoms with Crippen molar-refractivity contribution in [3.05, 3.63) is 0 Å². The van der Waals surface area contributed by atoms with Crippen LogP contribution in [0.5, 0.6) is 0 Å². The Labute approximate surface area is 114 Å².